The molecule has 0 rings (SSSR count). The van der Waals surface area contributed by atoms with Gasteiger partial charge in [-0.25, -0.2) is 0 Å². The molecule has 3 heteroatoms. The lowest BCUT2D eigenvalue weighted by molar-refractivity contribution is -0.116. The summed E-state index contributed by atoms with van der Waals surface area (Å²) in [5.74, 6) is 0.325. The van der Waals surface area contributed by atoms with E-state index >= 15 is 0 Å². The quantitative estimate of drug-likeness (QED) is 0.487. The number of hydrogen-bond donors (Lipinski definition) is 0. The Bertz CT molecular complexity index is 137. The summed E-state index contributed by atoms with van der Waals surface area (Å²) in [5, 5.41) is 0.517. The number of rotatable bonds is 8. The summed E-state index contributed by atoms with van der Waals surface area (Å²) in [7, 11) is 0. The standard InChI is InChI=1S/C10H18Br2O/c1-2-9(12)6-4-3-5-7-10(13)8-11/h9H,2-8H2,1H3. The molecule has 0 aromatic heterocycles. The van der Waals surface area contributed by atoms with Crippen LogP contribution in [0.3, 0.4) is 0 Å². The molecule has 0 aromatic carbocycles. The monoisotopic (exact) mass is 312 g/mol. The number of halogens is 2. The molecule has 0 heterocycles. The van der Waals surface area contributed by atoms with Crippen molar-refractivity contribution in [2.75, 3.05) is 5.33 Å². The fraction of sp³-hybridized carbons (Fsp3) is 0.900. The molecule has 0 aliphatic rings. The van der Waals surface area contributed by atoms with Gasteiger partial charge in [-0.05, 0) is 19.3 Å². The first-order valence-corrected chi connectivity index (χ1v) is 6.96. The number of carbonyl (C=O) groups is 1. The first-order valence-electron chi connectivity index (χ1n) is 4.92. The van der Waals surface area contributed by atoms with Crippen LogP contribution in [-0.2, 0) is 4.79 Å². The molecule has 0 N–H and O–H groups in total. The summed E-state index contributed by atoms with van der Waals surface area (Å²) >= 11 is 6.76. The van der Waals surface area contributed by atoms with Crippen LogP contribution in [-0.4, -0.2) is 15.9 Å². The zero-order chi connectivity index (χ0) is 10.1. The van der Waals surface area contributed by atoms with Crippen molar-refractivity contribution >= 4 is 37.6 Å². The Morgan fingerprint density at radius 1 is 1.31 bits per heavy atom. The lowest BCUT2D eigenvalue weighted by Gasteiger charge is -2.05. The van der Waals surface area contributed by atoms with Gasteiger partial charge in [-0.15, -0.1) is 0 Å². The molecule has 0 aliphatic carbocycles. The highest BCUT2D eigenvalue weighted by molar-refractivity contribution is 9.09. The van der Waals surface area contributed by atoms with Crippen LogP contribution in [0.25, 0.3) is 0 Å². The van der Waals surface area contributed by atoms with E-state index in [2.05, 4.69) is 38.8 Å². The molecule has 1 nitrogen and oxygen atoms in total. The van der Waals surface area contributed by atoms with Gasteiger partial charge < -0.3 is 0 Å². The van der Waals surface area contributed by atoms with Crippen molar-refractivity contribution < 1.29 is 4.79 Å². The molecule has 0 spiro atoms. The summed E-state index contributed by atoms with van der Waals surface area (Å²) in [5.41, 5.74) is 0. The minimum absolute atomic E-state index is 0.325. The third-order valence-electron chi connectivity index (χ3n) is 2.06. The summed E-state index contributed by atoms with van der Waals surface area (Å²) < 4.78 is 0. The predicted octanol–water partition coefficient (Wildman–Crippen LogP) is 4.07. The van der Waals surface area contributed by atoms with Crippen molar-refractivity contribution in [3.8, 4) is 0 Å². The van der Waals surface area contributed by atoms with E-state index in [4.69, 9.17) is 0 Å². The fourth-order valence-corrected chi connectivity index (χ4v) is 1.74. The van der Waals surface area contributed by atoms with E-state index in [1.54, 1.807) is 0 Å². The van der Waals surface area contributed by atoms with Crippen LogP contribution in [0, 0.1) is 0 Å². The maximum absolute atomic E-state index is 10.9. The first-order chi connectivity index (χ1) is 6.20. The molecule has 0 saturated carbocycles. The molecule has 0 radical (unpaired) electrons. The average molecular weight is 314 g/mol. The Labute approximate surface area is 97.9 Å². The highest BCUT2D eigenvalue weighted by atomic mass is 79.9. The zero-order valence-corrected chi connectivity index (χ0v) is 11.4. The Morgan fingerprint density at radius 2 is 2.00 bits per heavy atom. The summed E-state index contributed by atoms with van der Waals surface area (Å²) in [6, 6.07) is 0. The Balaban J connectivity index is 3.12. The van der Waals surface area contributed by atoms with Crippen LogP contribution in [0.4, 0.5) is 0 Å². The minimum Gasteiger partial charge on any atom is -0.299 e. The van der Waals surface area contributed by atoms with Crippen LogP contribution in [0.15, 0.2) is 0 Å². The largest absolute Gasteiger partial charge is 0.299 e. The Hall–Kier alpha value is 0.630. The number of unbranched alkanes of at least 4 members (excludes halogenated alkanes) is 2. The number of ketones is 1. The second-order valence-electron chi connectivity index (χ2n) is 3.28. The maximum atomic E-state index is 10.9. The zero-order valence-electron chi connectivity index (χ0n) is 8.19. The van der Waals surface area contributed by atoms with Crippen molar-refractivity contribution in [1.82, 2.24) is 0 Å². The number of hydrogen-bond acceptors (Lipinski definition) is 1. The molecular weight excluding hydrogens is 296 g/mol. The van der Waals surface area contributed by atoms with Gasteiger partial charge >= 0.3 is 0 Å². The molecule has 78 valence electrons. The van der Waals surface area contributed by atoms with E-state index in [9.17, 15) is 4.79 Å². The molecule has 0 fully saturated rings. The third-order valence-corrected chi connectivity index (χ3v) is 3.80. The van der Waals surface area contributed by atoms with Crippen LogP contribution in [0.2, 0.25) is 0 Å². The van der Waals surface area contributed by atoms with Gasteiger partial charge in [0.25, 0.3) is 0 Å². The van der Waals surface area contributed by atoms with E-state index in [0.717, 1.165) is 12.8 Å². The van der Waals surface area contributed by atoms with Gasteiger partial charge in [-0.2, -0.15) is 0 Å². The van der Waals surface area contributed by atoms with Crippen molar-refractivity contribution in [2.45, 2.75) is 50.3 Å². The SMILES string of the molecule is CCC(Br)CCCCCC(=O)CBr. The van der Waals surface area contributed by atoms with Crippen LogP contribution >= 0.6 is 31.9 Å². The molecule has 13 heavy (non-hydrogen) atoms. The molecule has 0 aliphatic heterocycles. The number of carbonyl (C=O) groups excluding carboxylic acids is 1. The maximum Gasteiger partial charge on any atom is 0.143 e. The molecule has 0 bridgehead atoms. The van der Waals surface area contributed by atoms with Crippen molar-refractivity contribution in [3.63, 3.8) is 0 Å². The number of alkyl halides is 2. The minimum atomic E-state index is 0.325. The van der Waals surface area contributed by atoms with Gasteiger partial charge in [-0.1, -0.05) is 51.6 Å². The molecule has 1 atom stereocenters. The summed E-state index contributed by atoms with van der Waals surface area (Å²) in [6.07, 6.45) is 6.64. The van der Waals surface area contributed by atoms with Gasteiger partial charge in [0.05, 0.1) is 5.33 Å². The molecule has 0 saturated heterocycles. The van der Waals surface area contributed by atoms with E-state index in [-0.39, 0.29) is 0 Å². The molecule has 0 amide bonds. The second-order valence-corrected chi connectivity index (χ2v) is 5.13. The van der Waals surface area contributed by atoms with E-state index in [0.29, 0.717) is 15.9 Å². The van der Waals surface area contributed by atoms with Gasteiger partial charge in [0.1, 0.15) is 5.78 Å². The van der Waals surface area contributed by atoms with Gasteiger partial charge in [-0.3, -0.25) is 4.79 Å². The Kier molecular flexibility index (Phi) is 9.64. The van der Waals surface area contributed by atoms with Crippen LogP contribution in [0.5, 0.6) is 0 Å². The van der Waals surface area contributed by atoms with E-state index in [1.807, 2.05) is 0 Å². The van der Waals surface area contributed by atoms with Crippen LogP contribution < -0.4 is 0 Å². The summed E-state index contributed by atoms with van der Waals surface area (Å²) in [4.78, 5) is 11.6. The second kappa shape index (κ2) is 9.20. The predicted molar refractivity (Wildman–Crippen MR) is 64.9 cm³/mol. The molecule has 0 aromatic rings. The van der Waals surface area contributed by atoms with Crippen molar-refractivity contribution in [1.29, 1.82) is 0 Å². The third kappa shape index (κ3) is 8.95. The lowest BCUT2D eigenvalue weighted by Crippen LogP contribution is -1.99. The van der Waals surface area contributed by atoms with Gasteiger partial charge in [0, 0.05) is 11.2 Å². The average Bonchev–Trinajstić information content (AvgIpc) is 2.16. The summed E-state index contributed by atoms with van der Waals surface area (Å²) in [6.45, 7) is 2.19. The van der Waals surface area contributed by atoms with Gasteiger partial charge in [0.2, 0.25) is 0 Å². The highest BCUT2D eigenvalue weighted by Gasteiger charge is 2.01. The topological polar surface area (TPSA) is 17.1 Å². The smallest absolute Gasteiger partial charge is 0.143 e. The first kappa shape index (κ1) is 13.6. The Morgan fingerprint density at radius 3 is 2.54 bits per heavy atom. The molecule has 1 unspecified atom stereocenters. The van der Waals surface area contributed by atoms with Gasteiger partial charge in [0.15, 0.2) is 0 Å². The normalized spacial score (nSPS) is 12.8. The highest BCUT2D eigenvalue weighted by Crippen LogP contribution is 2.14. The number of Topliss-reactive ketones (excluding diaryl/α,β-unsaturated/α-hetero) is 1. The van der Waals surface area contributed by atoms with E-state index in [1.165, 1.54) is 25.7 Å². The van der Waals surface area contributed by atoms with Crippen LogP contribution in [0.1, 0.15) is 45.4 Å². The van der Waals surface area contributed by atoms with Crippen molar-refractivity contribution in [3.05, 3.63) is 0 Å². The van der Waals surface area contributed by atoms with Crippen molar-refractivity contribution in [2.24, 2.45) is 0 Å². The lowest BCUT2D eigenvalue weighted by atomic mass is 10.1. The molecular formula is C10H18Br2O. The van der Waals surface area contributed by atoms with E-state index < -0.39 is 0 Å². The fourth-order valence-electron chi connectivity index (χ4n) is 1.14.